The zero-order valence-corrected chi connectivity index (χ0v) is 70.9. The summed E-state index contributed by atoms with van der Waals surface area (Å²) in [6, 6.07) is 165. The molecule has 20 aromatic carbocycles. The minimum Gasteiger partial charge on any atom is -0.456 e. The predicted molar refractivity (Wildman–Crippen MR) is 538 cm³/mol. The fourth-order valence-electron chi connectivity index (χ4n) is 19.4. The lowest BCUT2D eigenvalue weighted by Gasteiger charge is -2.28. The van der Waals surface area contributed by atoms with Gasteiger partial charge >= 0.3 is 0 Å². The molecule has 24 aromatic rings. The molecule has 0 atom stereocenters. The smallest absolute Gasteiger partial charge is 0.135 e. The summed E-state index contributed by atoms with van der Waals surface area (Å²) in [6.45, 7) is 4.73. The molecular formula is C123H82N2O4. The van der Waals surface area contributed by atoms with Gasteiger partial charge in [-0.1, -0.05) is 323 Å². The van der Waals surface area contributed by atoms with Crippen molar-refractivity contribution >= 4 is 122 Å². The van der Waals surface area contributed by atoms with E-state index in [1.807, 2.05) is 48.5 Å². The van der Waals surface area contributed by atoms with Gasteiger partial charge in [0, 0.05) is 82.6 Å². The van der Waals surface area contributed by atoms with Crippen LogP contribution in [0.25, 0.3) is 199 Å². The third-order valence-electron chi connectivity index (χ3n) is 26.3. The normalized spacial score (nSPS) is 12.2. The summed E-state index contributed by atoms with van der Waals surface area (Å²) in [6.07, 6.45) is 0. The Morgan fingerprint density at radius 1 is 0.147 bits per heavy atom. The van der Waals surface area contributed by atoms with Crippen LogP contribution in [0.15, 0.2) is 479 Å². The number of anilines is 6. The molecule has 129 heavy (non-hydrogen) atoms. The van der Waals surface area contributed by atoms with E-state index in [4.69, 9.17) is 17.7 Å². The summed E-state index contributed by atoms with van der Waals surface area (Å²) in [4.78, 5) is 4.73. The van der Waals surface area contributed by atoms with Gasteiger partial charge in [0.1, 0.15) is 44.7 Å². The highest BCUT2D eigenvalue weighted by Crippen LogP contribution is 2.53. The molecule has 0 N–H and O–H groups in total. The second-order valence-corrected chi connectivity index (χ2v) is 34.2. The summed E-state index contributed by atoms with van der Waals surface area (Å²) in [5.74, 6) is 0. The van der Waals surface area contributed by atoms with Crippen LogP contribution >= 0.6 is 0 Å². The van der Waals surface area contributed by atoms with Gasteiger partial charge in [0.25, 0.3) is 0 Å². The molecule has 4 aromatic heterocycles. The van der Waals surface area contributed by atoms with Crippen molar-refractivity contribution in [3.63, 3.8) is 0 Å². The summed E-state index contributed by atoms with van der Waals surface area (Å²) in [5, 5.41) is 9.09. The zero-order chi connectivity index (χ0) is 85.6. The second-order valence-electron chi connectivity index (χ2n) is 34.2. The van der Waals surface area contributed by atoms with Crippen molar-refractivity contribution in [3.05, 3.63) is 472 Å². The van der Waals surface area contributed by atoms with Gasteiger partial charge in [0.15, 0.2) is 0 Å². The molecule has 0 fully saturated rings. The first-order valence-electron chi connectivity index (χ1n) is 44.1. The number of fused-ring (bicyclic) bond motifs is 15. The number of para-hydroxylation sites is 4. The van der Waals surface area contributed by atoms with E-state index in [0.29, 0.717) is 0 Å². The molecule has 6 heteroatoms. The van der Waals surface area contributed by atoms with Gasteiger partial charge in [0.2, 0.25) is 0 Å². The molecule has 0 saturated carbocycles. The fraction of sp³-hybridized carbons (Fsp3) is 0.0244. The number of hydrogen-bond donors (Lipinski definition) is 0. The number of furan rings is 4. The fourth-order valence-corrected chi connectivity index (χ4v) is 19.4. The third kappa shape index (κ3) is 13.9. The topological polar surface area (TPSA) is 59.0 Å². The molecule has 4 heterocycles. The Hall–Kier alpha value is -16.8. The average molecular weight is 1650 g/mol. The van der Waals surface area contributed by atoms with Crippen LogP contribution in [0.2, 0.25) is 0 Å². The highest BCUT2D eigenvalue weighted by Gasteiger charge is 2.37. The molecule has 6 nitrogen and oxygen atoms in total. The van der Waals surface area contributed by atoms with Crippen LogP contribution in [0.5, 0.6) is 0 Å². The van der Waals surface area contributed by atoms with E-state index >= 15 is 0 Å². The minimum absolute atomic E-state index is 0.184. The summed E-state index contributed by atoms with van der Waals surface area (Å²) in [7, 11) is 0. The lowest BCUT2D eigenvalue weighted by Crippen LogP contribution is -2.16. The Bertz CT molecular complexity index is 8020. The van der Waals surface area contributed by atoms with E-state index in [9.17, 15) is 0 Å². The molecule has 0 unspecified atom stereocenters. The number of benzene rings is 20. The molecule has 0 amide bonds. The molecule has 1 aliphatic carbocycles. The van der Waals surface area contributed by atoms with Crippen molar-refractivity contribution in [2.45, 2.75) is 19.3 Å². The molecule has 608 valence electrons. The Morgan fingerprint density at radius 3 is 0.628 bits per heavy atom. The van der Waals surface area contributed by atoms with Crippen LogP contribution in [0, 0.1) is 0 Å². The maximum absolute atomic E-state index is 6.14. The van der Waals surface area contributed by atoms with Gasteiger partial charge < -0.3 is 27.5 Å². The van der Waals surface area contributed by atoms with Gasteiger partial charge in [-0.2, -0.15) is 0 Å². The molecule has 25 rings (SSSR count). The van der Waals surface area contributed by atoms with Crippen LogP contribution in [-0.2, 0) is 5.41 Å². The van der Waals surface area contributed by atoms with E-state index in [1.54, 1.807) is 0 Å². The van der Waals surface area contributed by atoms with Crippen LogP contribution < -0.4 is 9.80 Å². The van der Waals surface area contributed by atoms with Gasteiger partial charge in [-0.3, -0.25) is 0 Å². The number of nitrogens with zero attached hydrogens (tertiary/aromatic N) is 2. The van der Waals surface area contributed by atoms with Crippen molar-refractivity contribution in [1.82, 2.24) is 0 Å². The first kappa shape index (κ1) is 75.9. The molecule has 0 radical (unpaired) electrons. The van der Waals surface area contributed by atoms with Gasteiger partial charge in [0.05, 0.1) is 0 Å². The monoisotopic (exact) mass is 1650 g/mol. The zero-order valence-electron chi connectivity index (χ0n) is 70.9. The molecule has 0 spiro atoms. The highest BCUT2D eigenvalue weighted by atomic mass is 16.3. The Kier molecular flexibility index (Phi) is 18.5. The van der Waals surface area contributed by atoms with E-state index in [2.05, 4.69) is 436 Å². The summed E-state index contributed by atoms with van der Waals surface area (Å²) < 4.78 is 24.5. The molecule has 1 aliphatic rings. The van der Waals surface area contributed by atoms with Crippen molar-refractivity contribution in [2.24, 2.45) is 0 Å². The minimum atomic E-state index is -0.184. The van der Waals surface area contributed by atoms with E-state index in [-0.39, 0.29) is 5.41 Å². The van der Waals surface area contributed by atoms with Gasteiger partial charge in [-0.15, -0.1) is 0 Å². The summed E-state index contributed by atoms with van der Waals surface area (Å²) in [5.41, 5.74) is 40.2. The maximum Gasteiger partial charge on any atom is 0.135 e. The van der Waals surface area contributed by atoms with E-state index < -0.39 is 0 Å². The van der Waals surface area contributed by atoms with Crippen molar-refractivity contribution in [1.29, 1.82) is 0 Å². The second kappa shape index (κ2) is 31.5. The average Bonchev–Trinajstić information content (AvgIpc) is 1.57. The van der Waals surface area contributed by atoms with E-state index in [1.165, 1.54) is 89.0 Å². The number of hydrogen-bond acceptors (Lipinski definition) is 6. The predicted octanol–water partition coefficient (Wildman–Crippen LogP) is 35.2. The Morgan fingerprint density at radius 2 is 0.333 bits per heavy atom. The van der Waals surface area contributed by atoms with Crippen molar-refractivity contribution in [3.8, 4) is 111 Å². The Labute approximate surface area is 747 Å². The largest absolute Gasteiger partial charge is 0.456 e. The van der Waals surface area contributed by atoms with Gasteiger partial charge in [-0.05, 0) is 274 Å². The first-order chi connectivity index (χ1) is 63.6. The lowest BCUT2D eigenvalue weighted by molar-refractivity contribution is 0.660. The molecule has 0 bridgehead atoms. The SMILES string of the molecule is CC1(C)c2cc(-c3ccccc3)ccc2-c2ccc(N(c3ccc(-c4ccc5oc6ccccc6c5c4)cc3)c3ccc(-c4ccc5oc6ccccc6c5c4)cc3)cc21.c1ccc(-c2ccc(-c3ccc(N(c4ccc(-c5ccc(-c6ccc7oc8ccccc8c7c6)cc5)cc4)c4ccc(-c5ccc(-c6ccc7oc8ccccc8c7c6)cc5)cc4)cc3)cc2)cc1. The van der Waals surface area contributed by atoms with Crippen LogP contribution in [0.3, 0.4) is 0 Å². The van der Waals surface area contributed by atoms with Crippen molar-refractivity contribution < 1.29 is 17.7 Å². The summed E-state index contributed by atoms with van der Waals surface area (Å²) >= 11 is 0. The molecular weight excluding hydrogens is 1570 g/mol. The van der Waals surface area contributed by atoms with E-state index in [0.717, 1.165) is 155 Å². The molecule has 0 aliphatic heterocycles. The van der Waals surface area contributed by atoms with Crippen LogP contribution in [0.4, 0.5) is 34.1 Å². The first-order valence-corrected chi connectivity index (χ1v) is 44.1. The van der Waals surface area contributed by atoms with Crippen LogP contribution in [-0.4, -0.2) is 0 Å². The highest BCUT2D eigenvalue weighted by molar-refractivity contribution is 6.10. The standard InChI is InChI=1S/C66H43NO2.C57H39NO2/c1-2-8-44(9-3-1)45-14-16-46(17-15-45)49-26-34-56(35-27-49)67(57-36-28-50(29-37-57)47-18-22-52(23-19-47)54-32-40-65-61(42-54)59-10-4-6-12-63(59)68-65)58-38-30-51(31-39-58)48-20-24-53(25-21-48)55-33-41-66-62(43-55)60-11-5-7-13-64(60)69-66;1-57(2)51-34-41(36-10-4-3-5-11-36)20-28-45(51)46-29-27-44(35-52(46)57)58(42-23-16-37(17-24-42)39-21-30-55-49(32-39)47-12-6-8-14-53(47)59-55)43-25-18-38(19-26-43)40-22-31-56-50(33-40)48-13-7-9-15-54(48)60-56/h1-43H;3-35H,1-2H3. The Balaban J connectivity index is 0.000000145. The molecule has 0 saturated heterocycles. The van der Waals surface area contributed by atoms with Gasteiger partial charge in [-0.25, -0.2) is 0 Å². The quantitative estimate of drug-likeness (QED) is 0.102. The van der Waals surface area contributed by atoms with Crippen molar-refractivity contribution in [2.75, 3.05) is 9.80 Å². The lowest BCUT2D eigenvalue weighted by atomic mass is 9.81. The maximum atomic E-state index is 6.14. The number of rotatable bonds is 15. The third-order valence-corrected chi connectivity index (χ3v) is 26.3. The van der Waals surface area contributed by atoms with Crippen LogP contribution in [0.1, 0.15) is 25.0 Å².